The number of nitrogens with two attached hydrogens (primary N) is 1. The van der Waals surface area contributed by atoms with E-state index in [0.29, 0.717) is 6.42 Å². The third-order valence-corrected chi connectivity index (χ3v) is 3.49. The van der Waals surface area contributed by atoms with Gasteiger partial charge in [-0.25, -0.2) is 0 Å². The van der Waals surface area contributed by atoms with E-state index in [1.165, 1.54) is 0 Å². The summed E-state index contributed by atoms with van der Waals surface area (Å²) in [5, 5.41) is 3.94. The van der Waals surface area contributed by atoms with E-state index in [9.17, 15) is 4.79 Å². The van der Waals surface area contributed by atoms with Crippen LogP contribution in [0.25, 0.3) is 10.9 Å². The van der Waals surface area contributed by atoms with Crippen molar-refractivity contribution in [2.45, 2.75) is 12.5 Å². The molecule has 4 heteroatoms. The summed E-state index contributed by atoms with van der Waals surface area (Å²) in [7, 11) is 0. The van der Waals surface area contributed by atoms with Gasteiger partial charge in [0.05, 0.1) is 6.04 Å². The van der Waals surface area contributed by atoms with Gasteiger partial charge >= 0.3 is 0 Å². The van der Waals surface area contributed by atoms with Gasteiger partial charge in [-0.3, -0.25) is 4.79 Å². The summed E-state index contributed by atoms with van der Waals surface area (Å²) in [5.74, 6) is -0.175. The molecule has 1 heterocycles. The zero-order chi connectivity index (χ0) is 14.7. The highest BCUT2D eigenvalue weighted by Gasteiger charge is 2.16. The van der Waals surface area contributed by atoms with E-state index < -0.39 is 6.04 Å². The molecule has 21 heavy (non-hydrogen) atoms. The van der Waals surface area contributed by atoms with Crippen LogP contribution in [0.2, 0.25) is 0 Å². The number of aromatic amines is 1. The largest absolute Gasteiger partial charge is 0.361 e. The van der Waals surface area contributed by atoms with Crippen molar-refractivity contribution in [2.24, 2.45) is 5.73 Å². The smallest absolute Gasteiger partial charge is 0.241 e. The molecule has 0 fully saturated rings. The van der Waals surface area contributed by atoms with E-state index in [1.54, 1.807) is 0 Å². The first-order valence-corrected chi connectivity index (χ1v) is 6.90. The molecule has 0 spiro atoms. The van der Waals surface area contributed by atoms with Gasteiger partial charge in [0.1, 0.15) is 0 Å². The van der Waals surface area contributed by atoms with E-state index in [4.69, 9.17) is 5.73 Å². The SMILES string of the molecule is N[C@H](Cc1c[nH]c2ccccc12)C(=O)Nc1ccccc1. The summed E-state index contributed by atoms with van der Waals surface area (Å²) in [6.45, 7) is 0. The second-order valence-electron chi connectivity index (χ2n) is 5.03. The normalized spacial score (nSPS) is 12.2. The van der Waals surface area contributed by atoms with Crippen molar-refractivity contribution in [1.29, 1.82) is 0 Å². The Kier molecular flexibility index (Phi) is 3.71. The van der Waals surface area contributed by atoms with E-state index in [1.807, 2.05) is 60.8 Å². The van der Waals surface area contributed by atoms with Gasteiger partial charge in [-0.1, -0.05) is 36.4 Å². The minimum Gasteiger partial charge on any atom is -0.361 e. The molecular weight excluding hydrogens is 262 g/mol. The van der Waals surface area contributed by atoms with Crippen LogP contribution in [0.3, 0.4) is 0 Å². The average molecular weight is 279 g/mol. The summed E-state index contributed by atoms with van der Waals surface area (Å²) in [5.41, 5.74) is 8.90. The van der Waals surface area contributed by atoms with Crippen LogP contribution < -0.4 is 11.1 Å². The Morgan fingerprint density at radius 2 is 1.81 bits per heavy atom. The van der Waals surface area contributed by atoms with Crippen molar-refractivity contribution in [3.63, 3.8) is 0 Å². The van der Waals surface area contributed by atoms with Crippen LogP contribution in [0.1, 0.15) is 5.56 Å². The van der Waals surface area contributed by atoms with Gasteiger partial charge in [-0.15, -0.1) is 0 Å². The molecule has 1 atom stereocenters. The Morgan fingerprint density at radius 3 is 2.62 bits per heavy atom. The van der Waals surface area contributed by atoms with Crippen molar-refractivity contribution in [3.8, 4) is 0 Å². The molecule has 106 valence electrons. The standard InChI is InChI=1S/C17H17N3O/c18-15(17(21)20-13-6-2-1-3-7-13)10-12-11-19-16-9-5-4-8-14(12)16/h1-9,11,15,19H,10,18H2,(H,20,21)/t15-/m1/s1. The quantitative estimate of drug-likeness (QED) is 0.687. The molecule has 0 radical (unpaired) electrons. The number of carbonyl (C=O) groups excluding carboxylic acids is 1. The van der Waals surface area contributed by atoms with Gasteiger partial charge in [-0.05, 0) is 30.2 Å². The number of benzene rings is 2. The van der Waals surface area contributed by atoms with E-state index >= 15 is 0 Å². The molecule has 0 saturated heterocycles. The number of nitrogens with one attached hydrogen (secondary N) is 2. The number of fused-ring (bicyclic) bond motifs is 1. The van der Waals surface area contributed by atoms with Gasteiger partial charge in [0.2, 0.25) is 5.91 Å². The lowest BCUT2D eigenvalue weighted by atomic mass is 10.1. The van der Waals surface area contributed by atoms with E-state index in [-0.39, 0.29) is 5.91 Å². The minimum atomic E-state index is -0.579. The Labute approximate surface area is 123 Å². The third-order valence-electron chi connectivity index (χ3n) is 3.49. The lowest BCUT2D eigenvalue weighted by Gasteiger charge is -2.11. The highest BCUT2D eigenvalue weighted by Crippen LogP contribution is 2.19. The summed E-state index contributed by atoms with van der Waals surface area (Å²) in [6, 6.07) is 16.8. The second-order valence-corrected chi connectivity index (χ2v) is 5.03. The molecule has 3 aromatic rings. The number of carbonyl (C=O) groups is 1. The molecular formula is C17H17N3O. The van der Waals surface area contributed by atoms with Crippen LogP contribution in [0.4, 0.5) is 5.69 Å². The predicted octanol–water partition coefficient (Wildman–Crippen LogP) is 2.68. The number of para-hydroxylation sites is 2. The summed E-state index contributed by atoms with van der Waals surface area (Å²) < 4.78 is 0. The van der Waals surface area contributed by atoms with Crippen molar-refractivity contribution >= 4 is 22.5 Å². The minimum absolute atomic E-state index is 0.175. The van der Waals surface area contributed by atoms with Crippen LogP contribution in [-0.2, 0) is 11.2 Å². The number of aromatic nitrogens is 1. The maximum Gasteiger partial charge on any atom is 0.241 e. The summed E-state index contributed by atoms with van der Waals surface area (Å²) >= 11 is 0. The summed E-state index contributed by atoms with van der Waals surface area (Å²) in [6.07, 6.45) is 2.42. The van der Waals surface area contributed by atoms with Gasteiger partial charge in [-0.2, -0.15) is 0 Å². The topological polar surface area (TPSA) is 70.9 Å². The number of hydrogen-bond donors (Lipinski definition) is 3. The Balaban J connectivity index is 1.71. The summed E-state index contributed by atoms with van der Waals surface area (Å²) in [4.78, 5) is 15.3. The van der Waals surface area contributed by atoms with Crippen LogP contribution in [0.5, 0.6) is 0 Å². The second kappa shape index (κ2) is 5.81. The molecule has 4 nitrogen and oxygen atoms in total. The molecule has 0 saturated carbocycles. The monoisotopic (exact) mass is 279 g/mol. The molecule has 0 unspecified atom stereocenters. The van der Waals surface area contributed by atoms with Crippen LogP contribution >= 0.6 is 0 Å². The molecule has 0 aliphatic heterocycles. The highest BCUT2D eigenvalue weighted by atomic mass is 16.2. The lowest BCUT2D eigenvalue weighted by Crippen LogP contribution is -2.37. The fraction of sp³-hybridized carbons (Fsp3) is 0.118. The highest BCUT2D eigenvalue weighted by molar-refractivity contribution is 5.95. The van der Waals surface area contributed by atoms with Crippen LogP contribution in [0, 0.1) is 0 Å². The van der Waals surface area contributed by atoms with Gasteiger partial charge in [0, 0.05) is 22.8 Å². The molecule has 3 rings (SSSR count). The first kappa shape index (κ1) is 13.4. The molecule has 0 aliphatic rings. The predicted molar refractivity (Wildman–Crippen MR) is 85.0 cm³/mol. The molecule has 1 amide bonds. The fourth-order valence-corrected chi connectivity index (χ4v) is 2.39. The Hall–Kier alpha value is -2.59. The van der Waals surface area contributed by atoms with Gasteiger partial charge in [0.25, 0.3) is 0 Å². The molecule has 2 aromatic carbocycles. The van der Waals surface area contributed by atoms with Gasteiger partial charge < -0.3 is 16.0 Å². The van der Waals surface area contributed by atoms with Crippen molar-refractivity contribution < 1.29 is 4.79 Å². The molecule has 4 N–H and O–H groups in total. The molecule has 0 bridgehead atoms. The lowest BCUT2D eigenvalue weighted by molar-refractivity contribution is -0.117. The fourth-order valence-electron chi connectivity index (χ4n) is 2.39. The number of anilines is 1. The van der Waals surface area contributed by atoms with Crippen molar-refractivity contribution in [3.05, 3.63) is 66.4 Å². The first-order chi connectivity index (χ1) is 10.2. The van der Waals surface area contributed by atoms with Crippen LogP contribution in [-0.4, -0.2) is 16.9 Å². The average Bonchev–Trinajstić information content (AvgIpc) is 2.91. The molecule has 0 aliphatic carbocycles. The number of amides is 1. The van der Waals surface area contributed by atoms with Crippen LogP contribution in [0.15, 0.2) is 60.8 Å². The Bertz CT molecular complexity index is 749. The van der Waals surface area contributed by atoms with E-state index in [0.717, 1.165) is 22.2 Å². The maximum atomic E-state index is 12.1. The Morgan fingerprint density at radius 1 is 1.10 bits per heavy atom. The van der Waals surface area contributed by atoms with Crippen molar-refractivity contribution in [2.75, 3.05) is 5.32 Å². The van der Waals surface area contributed by atoms with Gasteiger partial charge in [0.15, 0.2) is 0 Å². The zero-order valence-electron chi connectivity index (χ0n) is 11.5. The van der Waals surface area contributed by atoms with E-state index in [2.05, 4.69) is 10.3 Å². The number of rotatable bonds is 4. The maximum absolute atomic E-state index is 12.1. The zero-order valence-corrected chi connectivity index (χ0v) is 11.5. The van der Waals surface area contributed by atoms with Crippen molar-refractivity contribution in [1.82, 2.24) is 4.98 Å². The molecule has 1 aromatic heterocycles. The third kappa shape index (κ3) is 2.95. The first-order valence-electron chi connectivity index (χ1n) is 6.90. The number of hydrogen-bond acceptors (Lipinski definition) is 2. The number of H-pyrrole nitrogens is 1.